The molecule has 2 atom stereocenters. The Morgan fingerprint density at radius 1 is 1.38 bits per heavy atom. The summed E-state index contributed by atoms with van der Waals surface area (Å²) in [5, 5.41) is 2.29. The normalized spacial score (nSPS) is 25.1. The van der Waals surface area contributed by atoms with Crippen molar-refractivity contribution >= 4 is 39.1 Å². The number of halogens is 2. The van der Waals surface area contributed by atoms with E-state index >= 15 is 0 Å². The molecule has 1 aliphatic heterocycles. The van der Waals surface area contributed by atoms with Crippen molar-refractivity contribution in [1.29, 1.82) is 0 Å². The molecule has 0 bridgehead atoms. The number of hydrogen-bond donors (Lipinski definition) is 1. The van der Waals surface area contributed by atoms with Gasteiger partial charge in [0.15, 0.2) is 0 Å². The average molecular weight is 304 g/mol. The van der Waals surface area contributed by atoms with E-state index in [1.165, 1.54) is 0 Å². The third-order valence-electron chi connectivity index (χ3n) is 2.67. The van der Waals surface area contributed by atoms with Crippen LogP contribution in [0.15, 0.2) is 30.3 Å². The van der Waals surface area contributed by atoms with Gasteiger partial charge in [-0.1, -0.05) is 34.1 Å². The Kier molecular flexibility index (Phi) is 3.84. The van der Waals surface area contributed by atoms with Crippen molar-refractivity contribution in [2.75, 3.05) is 16.2 Å². The van der Waals surface area contributed by atoms with E-state index in [1.54, 1.807) is 5.01 Å². The summed E-state index contributed by atoms with van der Waals surface area (Å²) in [6, 6.07) is 9.58. The Morgan fingerprint density at radius 2 is 2.06 bits per heavy atom. The van der Waals surface area contributed by atoms with Crippen molar-refractivity contribution in [2.24, 2.45) is 5.92 Å². The Labute approximate surface area is 108 Å². The maximum atomic E-state index is 12.1. The number of benzene rings is 1. The number of para-hydroxylation sites is 1. The maximum absolute atomic E-state index is 12.1. The molecule has 0 radical (unpaired) electrons. The molecule has 1 N–H and O–H groups in total. The second kappa shape index (κ2) is 5.17. The van der Waals surface area contributed by atoms with E-state index < -0.39 is 0 Å². The lowest BCUT2D eigenvalue weighted by Gasteiger charge is -2.16. The van der Waals surface area contributed by atoms with Gasteiger partial charge in [0.1, 0.15) is 0 Å². The number of anilines is 1. The van der Waals surface area contributed by atoms with Gasteiger partial charge in [0.05, 0.1) is 11.6 Å². The van der Waals surface area contributed by atoms with E-state index in [2.05, 4.69) is 21.4 Å². The predicted octanol–water partition coefficient (Wildman–Crippen LogP) is 2.16. The van der Waals surface area contributed by atoms with Crippen LogP contribution in [0.2, 0.25) is 0 Å². The van der Waals surface area contributed by atoms with Crippen LogP contribution in [0.5, 0.6) is 0 Å². The summed E-state index contributed by atoms with van der Waals surface area (Å²) < 4.78 is 0. The van der Waals surface area contributed by atoms with Gasteiger partial charge in [-0.3, -0.25) is 4.79 Å². The van der Waals surface area contributed by atoms with Gasteiger partial charge >= 0.3 is 0 Å². The standard InChI is InChI=1S/C11H12BrClN2O/c12-6-10-9(7-13)11(16)15(14-10)8-4-2-1-3-5-8/h1-5,9-10,14H,6-7H2. The van der Waals surface area contributed by atoms with Gasteiger partial charge in [-0.2, -0.15) is 0 Å². The van der Waals surface area contributed by atoms with E-state index in [1.807, 2.05) is 30.3 Å². The van der Waals surface area contributed by atoms with Gasteiger partial charge < -0.3 is 0 Å². The minimum atomic E-state index is -0.166. The molecule has 1 aliphatic rings. The quantitative estimate of drug-likeness (QED) is 0.868. The fraction of sp³-hybridized carbons (Fsp3) is 0.364. The fourth-order valence-electron chi connectivity index (χ4n) is 1.75. The van der Waals surface area contributed by atoms with Gasteiger partial charge in [-0.15, -0.1) is 11.6 Å². The van der Waals surface area contributed by atoms with E-state index in [9.17, 15) is 4.79 Å². The van der Waals surface area contributed by atoms with Crippen LogP contribution in [0, 0.1) is 5.92 Å². The highest BCUT2D eigenvalue weighted by Crippen LogP contribution is 2.24. The molecular weight excluding hydrogens is 291 g/mol. The molecule has 3 nitrogen and oxygen atoms in total. The number of nitrogens with one attached hydrogen (secondary N) is 1. The number of hydrogen-bond acceptors (Lipinski definition) is 2. The predicted molar refractivity (Wildman–Crippen MR) is 68.9 cm³/mol. The molecule has 1 heterocycles. The molecule has 1 fully saturated rings. The van der Waals surface area contributed by atoms with Gasteiger partial charge in [-0.25, -0.2) is 10.4 Å². The number of amides is 1. The third kappa shape index (κ3) is 2.10. The minimum Gasteiger partial charge on any atom is -0.273 e. The van der Waals surface area contributed by atoms with Crippen LogP contribution < -0.4 is 10.4 Å². The lowest BCUT2D eigenvalue weighted by Crippen LogP contribution is -2.38. The van der Waals surface area contributed by atoms with Gasteiger partial charge in [0, 0.05) is 17.3 Å². The van der Waals surface area contributed by atoms with Crippen LogP contribution in [0.25, 0.3) is 0 Å². The zero-order valence-electron chi connectivity index (χ0n) is 8.57. The van der Waals surface area contributed by atoms with Crippen molar-refractivity contribution in [3.8, 4) is 0 Å². The molecule has 2 rings (SSSR count). The second-order valence-electron chi connectivity index (χ2n) is 3.66. The molecule has 1 aromatic carbocycles. The van der Waals surface area contributed by atoms with E-state index in [4.69, 9.17) is 11.6 Å². The molecule has 16 heavy (non-hydrogen) atoms. The van der Waals surface area contributed by atoms with Crippen LogP contribution >= 0.6 is 27.5 Å². The smallest absolute Gasteiger partial charge is 0.247 e. The van der Waals surface area contributed by atoms with Gasteiger partial charge in [0.25, 0.3) is 0 Å². The van der Waals surface area contributed by atoms with E-state index in [0.29, 0.717) is 11.2 Å². The number of carbonyl (C=O) groups excluding carboxylic acids is 1. The maximum Gasteiger partial charge on any atom is 0.247 e. The van der Waals surface area contributed by atoms with Gasteiger partial charge in [-0.05, 0) is 12.1 Å². The molecule has 2 unspecified atom stereocenters. The fourth-order valence-corrected chi connectivity index (χ4v) is 2.69. The molecule has 1 saturated heterocycles. The average Bonchev–Trinajstić information content (AvgIpc) is 2.66. The summed E-state index contributed by atoms with van der Waals surface area (Å²) in [6.07, 6.45) is 0. The molecule has 0 aromatic heterocycles. The highest BCUT2D eigenvalue weighted by atomic mass is 79.9. The summed E-state index contributed by atoms with van der Waals surface area (Å²) in [6.45, 7) is 0. The monoisotopic (exact) mass is 302 g/mol. The third-order valence-corrected chi connectivity index (χ3v) is 3.70. The first-order valence-corrected chi connectivity index (χ1v) is 6.70. The number of hydrazine groups is 1. The van der Waals surface area contributed by atoms with Crippen molar-refractivity contribution in [2.45, 2.75) is 6.04 Å². The molecule has 86 valence electrons. The van der Waals surface area contributed by atoms with Crippen molar-refractivity contribution in [3.05, 3.63) is 30.3 Å². The number of rotatable bonds is 3. The lowest BCUT2D eigenvalue weighted by molar-refractivity contribution is -0.120. The van der Waals surface area contributed by atoms with Crippen LogP contribution in [0.1, 0.15) is 0 Å². The van der Waals surface area contributed by atoms with Crippen LogP contribution in [0.4, 0.5) is 5.69 Å². The van der Waals surface area contributed by atoms with Crippen LogP contribution in [-0.2, 0) is 4.79 Å². The molecule has 5 heteroatoms. The van der Waals surface area contributed by atoms with E-state index in [0.717, 1.165) is 5.69 Å². The minimum absolute atomic E-state index is 0.0330. The molecule has 0 saturated carbocycles. The van der Waals surface area contributed by atoms with Gasteiger partial charge in [0.2, 0.25) is 5.91 Å². The summed E-state index contributed by atoms with van der Waals surface area (Å²) in [5.41, 5.74) is 4.01. The molecule has 1 aromatic rings. The SMILES string of the molecule is O=C1C(CCl)C(CBr)NN1c1ccccc1. The van der Waals surface area contributed by atoms with Crippen LogP contribution in [-0.4, -0.2) is 23.2 Å². The zero-order valence-corrected chi connectivity index (χ0v) is 10.9. The molecule has 0 aliphatic carbocycles. The Hall–Kier alpha value is -0.580. The summed E-state index contributed by atoms with van der Waals surface area (Å²) >= 11 is 9.21. The first kappa shape index (κ1) is 11.9. The topological polar surface area (TPSA) is 32.3 Å². The summed E-state index contributed by atoms with van der Waals surface area (Å²) in [4.78, 5) is 12.1. The summed E-state index contributed by atoms with van der Waals surface area (Å²) in [5.74, 6) is 0.206. The Morgan fingerprint density at radius 3 is 2.56 bits per heavy atom. The van der Waals surface area contributed by atoms with Crippen molar-refractivity contribution < 1.29 is 4.79 Å². The largest absolute Gasteiger partial charge is 0.273 e. The van der Waals surface area contributed by atoms with Crippen molar-refractivity contribution in [1.82, 2.24) is 5.43 Å². The zero-order chi connectivity index (χ0) is 11.5. The number of nitrogens with zero attached hydrogens (tertiary/aromatic N) is 1. The number of alkyl halides is 2. The second-order valence-corrected chi connectivity index (χ2v) is 4.62. The lowest BCUT2D eigenvalue weighted by atomic mass is 10.1. The molecular formula is C11H12BrClN2O. The number of carbonyl (C=O) groups is 1. The van der Waals surface area contributed by atoms with Crippen LogP contribution in [0.3, 0.4) is 0 Å². The highest BCUT2D eigenvalue weighted by Gasteiger charge is 2.39. The Balaban J connectivity index is 2.23. The van der Waals surface area contributed by atoms with E-state index in [-0.39, 0.29) is 17.9 Å². The molecule has 1 amide bonds. The molecule has 0 spiro atoms. The highest BCUT2D eigenvalue weighted by molar-refractivity contribution is 9.09. The first-order chi connectivity index (χ1) is 7.77. The first-order valence-electron chi connectivity index (χ1n) is 5.05. The Bertz CT molecular complexity index is 374. The van der Waals surface area contributed by atoms with Crippen molar-refractivity contribution in [3.63, 3.8) is 0 Å². The summed E-state index contributed by atoms with van der Waals surface area (Å²) in [7, 11) is 0.